The fourth-order valence-electron chi connectivity index (χ4n) is 2.02. The summed E-state index contributed by atoms with van der Waals surface area (Å²) in [4.78, 5) is 25.9. The summed E-state index contributed by atoms with van der Waals surface area (Å²) in [5.74, 6) is -0.657. The Balaban J connectivity index is 2.38. The molecule has 0 aromatic carbocycles. The number of aliphatic hydroxyl groups is 2. The van der Waals surface area contributed by atoms with Gasteiger partial charge in [0.15, 0.2) is 0 Å². The highest BCUT2D eigenvalue weighted by Gasteiger charge is 2.44. The van der Waals surface area contributed by atoms with Crippen LogP contribution in [0.5, 0.6) is 0 Å². The molecule has 2 heterocycles. The van der Waals surface area contributed by atoms with Crippen LogP contribution in [0.4, 0.5) is 4.79 Å². The highest BCUT2D eigenvalue weighted by atomic mass is 16.5. The Morgan fingerprint density at radius 1 is 1.39 bits per heavy atom. The Morgan fingerprint density at radius 3 is 2.56 bits per heavy atom. The van der Waals surface area contributed by atoms with E-state index in [1.807, 2.05) is 5.32 Å². The Kier molecular flexibility index (Phi) is 3.16. The van der Waals surface area contributed by atoms with Gasteiger partial charge < -0.3 is 10.2 Å². The van der Waals surface area contributed by atoms with Crippen molar-refractivity contribution in [2.75, 3.05) is 13.2 Å². The van der Waals surface area contributed by atoms with E-state index in [1.54, 1.807) is 0 Å². The SMILES string of the molecule is O=C1N=C/C(=C2\CCC(CO)(CO)N2O)C(=O)N1. The molecule has 2 aliphatic rings. The highest BCUT2D eigenvalue weighted by molar-refractivity contribution is 6.22. The quantitative estimate of drug-likeness (QED) is 0.458. The van der Waals surface area contributed by atoms with Gasteiger partial charge in [0.05, 0.1) is 24.5 Å². The molecule has 0 spiro atoms. The summed E-state index contributed by atoms with van der Waals surface area (Å²) < 4.78 is 0. The molecule has 0 aromatic rings. The van der Waals surface area contributed by atoms with Gasteiger partial charge in [0.25, 0.3) is 5.91 Å². The van der Waals surface area contributed by atoms with Crippen molar-refractivity contribution in [1.82, 2.24) is 10.4 Å². The topological polar surface area (TPSA) is 122 Å². The molecule has 2 rings (SSSR count). The van der Waals surface area contributed by atoms with Gasteiger partial charge in [-0.1, -0.05) is 0 Å². The van der Waals surface area contributed by atoms with Crippen LogP contribution in [0.25, 0.3) is 0 Å². The molecular weight excluding hydrogens is 242 g/mol. The largest absolute Gasteiger partial charge is 0.394 e. The van der Waals surface area contributed by atoms with Crippen LogP contribution in [0.1, 0.15) is 12.8 Å². The van der Waals surface area contributed by atoms with Crippen molar-refractivity contribution in [3.8, 4) is 0 Å². The number of allylic oxidation sites excluding steroid dienone is 1. The first-order chi connectivity index (χ1) is 8.54. The van der Waals surface area contributed by atoms with Crippen molar-refractivity contribution in [2.24, 2.45) is 4.99 Å². The van der Waals surface area contributed by atoms with Gasteiger partial charge in [-0.05, 0) is 12.8 Å². The zero-order valence-electron chi connectivity index (χ0n) is 9.46. The van der Waals surface area contributed by atoms with Gasteiger partial charge in [-0.25, -0.2) is 14.9 Å². The van der Waals surface area contributed by atoms with Gasteiger partial charge in [-0.3, -0.25) is 15.3 Å². The van der Waals surface area contributed by atoms with Crippen molar-refractivity contribution >= 4 is 18.2 Å². The van der Waals surface area contributed by atoms with Crippen LogP contribution in [-0.2, 0) is 4.79 Å². The molecule has 1 fully saturated rings. The fourth-order valence-corrected chi connectivity index (χ4v) is 2.02. The van der Waals surface area contributed by atoms with Crippen LogP contribution >= 0.6 is 0 Å². The summed E-state index contributed by atoms with van der Waals surface area (Å²) in [5.41, 5.74) is -0.912. The minimum atomic E-state index is -1.20. The first kappa shape index (κ1) is 12.7. The van der Waals surface area contributed by atoms with E-state index in [-0.39, 0.29) is 11.3 Å². The molecule has 2 aliphatic heterocycles. The summed E-state index contributed by atoms with van der Waals surface area (Å²) in [7, 11) is 0. The van der Waals surface area contributed by atoms with Crippen LogP contribution in [0, 0.1) is 0 Å². The average molecular weight is 255 g/mol. The zero-order chi connectivity index (χ0) is 13.3. The molecule has 0 aromatic heterocycles. The molecule has 8 nitrogen and oxygen atoms in total. The fraction of sp³-hybridized carbons (Fsp3) is 0.500. The standard InChI is InChI=1S/C10H13N3O5/c14-4-10(5-15)2-1-7(13(10)18)6-3-11-9(17)12-8(6)16/h3,14-15,18H,1-2,4-5H2,(H,12,16,17)/b7-6-. The number of carbonyl (C=O) groups is 2. The van der Waals surface area contributed by atoms with Gasteiger partial charge in [0.1, 0.15) is 5.54 Å². The van der Waals surface area contributed by atoms with E-state index >= 15 is 0 Å². The second kappa shape index (κ2) is 4.48. The number of hydrogen-bond acceptors (Lipinski definition) is 6. The third kappa shape index (κ3) is 1.80. The van der Waals surface area contributed by atoms with E-state index in [0.29, 0.717) is 17.9 Å². The van der Waals surface area contributed by atoms with Gasteiger partial charge in [-0.15, -0.1) is 0 Å². The maximum Gasteiger partial charge on any atom is 0.347 e. The molecule has 8 heteroatoms. The highest BCUT2D eigenvalue weighted by Crippen LogP contribution is 2.36. The third-order valence-corrected chi connectivity index (χ3v) is 3.21. The second-order valence-corrected chi connectivity index (χ2v) is 4.23. The number of nitrogens with one attached hydrogen (secondary N) is 1. The lowest BCUT2D eigenvalue weighted by Crippen LogP contribution is -2.48. The lowest BCUT2D eigenvalue weighted by molar-refractivity contribution is -0.156. The number of carbonyl (C=O) groups excluding carboxylic acids is 2. The molecule has 0 radical (unpaired) electrons. The number of hydrogen-bond donors (Lipinski definition) is 4. The number of rotatable bonds is 2. The maximum atomic E-state index is 11.6. The summed E-state index contributed by atoms with van der Waals surface area (Å²) in [5, 5.41) is 31.1. The molecular formula is C10H13N3O5. The lowest BCUT2D eigenvalue weighted by atomic mass is 10.00. The Hall–Kier alpha value is -1.77. The van der Waals surface area contributed by atoms with Crippen LogP contribution in [0.3, 0.4) is 0 Å². The molecule has 1 saturated heterocycles. The summed E-state index contributed by atoms with van der Waals surface area (Å²) in [6.45, 7) is -0.900. The molecule has 0 unspecified atom stereocenters. The van der Waals surface area contributed by atoms with Crippen LogP contribution < -0.4 is 5.32 Å². The molecule has 0 atom stereocenters. The predicted molar refractivity (Wildman–Crippen MR) is 58.8 cm³/mol. The molecule has 0 aliphatic carbocycles. The van der Waals surface area contributed by atoms with Crippen LogP contribution in [0.2, 0.25) is 0 Å². The number of nitrogens with zero attached hydrogens (tertiary/aromatic N) is 2. The minimum Gasteiger partial charge on any atom is -0.394 e. The molecule has 0 bridgehead atoms. The minimum absolute atomic E-state index is 0.0564. The molecule has 4 N–H and O–H groups in total. The van der Waals surface area contributed by atoms with E-state index in [9.17, 15) is 25.0 Å². The van der Waals surface area contributed by atoms with E-state index in [1.165, 1.54) is 0 Å². The smallest absolute Gasteiger partial charge is 0.347 e. The summed E-state index contributed by atoms with van der Waals surface area (Å²) in [6, 6.07) is -0.762. The van der Waals surface area contributed by atoms with Crippen LogP contribution in [-0.4, -0.2) is 57.4 Å². The first-order valence-corrected chi connectivity index (χ1v) is 5.37. The van der Waals surface area contributed by atoms with Crippen molar-refractivity contribution in [3.63, 3.8) is 0 Å². The normalized spacial score (nSPS) is 26.7. The first-order valence-electron chi connectivity index (χ1n) is 5.37. The van der Waals surface area contributed by atoms with Crippen molar-refractivity contribution in [1.29, 1.82) is 0 Å². The molecule has 0 saturated carbocycles. The van der Waals surface area contributed by atoms with Gasteiger partial charge in [-0.2, -0.15) is 0 Å². The molecule has 98 valence electrons. The molecule has 3 amide bonds. The zero-order valence-corrected chi connectivity index (χ0v) is 9.46. The lowest BCUT2D eigenvalue weighted by Gasteiger charge is -2.32. The van der Waals surface area contributed by atoms with Crippen molar-refractivity contribution < 1.29 is 25.0 Å². The van der Waals surface area contributed by atoms with E-state index in [2.05, 4.69) is 4.99 Å². The monoisotopic (exact) mass is 255 g/mol. The predicted octanol–water partition coefficient (Wildman–Crippen LogP) is -1.23. The number of imide groups is 1. The van der Waals surface area contributed by atoms with Gasteiger partial charge in [0, 0.05) is 6.21 Å². The average Bonchev–Trinajstić information content (AvgIpc) is 2.68. The van der Waals surface area contributed by atoms with E-state index in [0.717, 1.165) is 6.21 Å². The van der Waals surface area contributed by atoms with Gasteiger partial charge >= 0.3 is 6.03 Å². The number of hydroxylamine groups is 2. The van der Waals surface area contributed by atoms with Crippen molar-refractivity contribution in [3.05, 3.63) is 11.3 Å². The number of amides is 3. The number of aliphatic imine (C=N–C) groups is 1. The van der Waals surface area contributed by atoms with Crippen LogP contribution in [0.15, 0.2) is 16.3 Å². The third-order valence-electron chi connectivity index (χ3n) is 3.21. The maximum absolute atomic E-state index is 11.6. The second-order valence-electron chi connectivity index (χ2n) is 4.23. The van der Waals surface area contributed by atoms with E-state index < -0.39 is 30.7 Å². The molecule has 18 heavy (non-hydrogen) atoms. The van der Waals surface area contributed by atoms with E-state index in [4.69, 9.17) is 0 Å². The Labute approximate surface area is 102 Å². The van der Waals surface area contributed by atoms with Crippen molar-refractivity contribution in [2.45, 2.75) is 18.4 Å². The Bertz CT molecular complexity index is 452. The Morgan fingerprint density at radius 2 is 2.06 bits per heavy atom. The number of urea groups is 1. The summed E-state index contributed by atoms with van der Waals surface area (Å²) in [6.07, 6.45) is 1.66. The number of aliphatic hydroxyl groups excluding tert-OH is 2. The van der Waals surface area contributed by atoms with Gasteiger partial charge in [0.2, 0.25) is 0 Å². The summed E-state index contributed by atoms with van der Waals surface area (Å²) >= 11 is 0.